The SMILES string of the molecule is I.c1coc(CCNC(=NCC2CCCO2)NCCCOCC2CCOCC2)c1. The normalized spacial score (nSPS) is 20.4. The van der Waals surface area contributed by atoms with E-state index in [1.165, 1.54) is 0 Å². The molecule has 0 radical (unpaired) electrons. The van der Waals surface area contributed by atoms with Crippen LogP contribution in [-0.4, -0.2) is 64.7 Å². The second-order valence-corrected chi connectivity index (χ2v) is 7.49. The van der Waals surface area contributed by atoms with E-state index >= 15 is 0 Å². The maximum Gasteiger partial charge on any atom is 0.191 e. The Morgan fingerprint density at radius 3 is 2.76 bits per heavy atom. The lowest BCUT2D eigenvalue weighted by molar-refractivity contribution is 0.0203. The highest BCUT2D eigenvalue weighted by Crippen LogP contribution is 2.14. The minimum atomic E-state index is 0. The van der Waals surface area contributed by atoms with Gasteiger partial charge in [-0.15, -0.1) is 24.0 Å². The Morgan fingerprint density at radius 2 is 2.00 bits per heavy atom. The number of halogens is 1. The molecule has 1 atom stereocenters. The summed E-state index contributed by atoms with van der Waals surface area (Å²) in [6.07, 6.45) is 8.24. The molecule has 3 rings (SSSR count). The summed E-state index contributed by atoms with van der Waals surface area (Å²) in [7, 11) is 0. The molecule has 0 amide bonds. The number of rotatable bonds is 11. The summed E-state index contributed by atoms with van der Waals surface area (Å²) in [5.74, 6) is 2.48. The average molecular weight is 521 g/mol. The van der Waals surface area contributed by atoms with Crippen LogP contribution in [0.3, 0.4) is 0 Å². The van der Waals surface area contributed by atoms with Crippen LogP contribution in [0.25, 0.3) is 0 Å². The van der Waals surface area contributed by atoms with Gasteiger partial charge in [0.15, 0.2) is 5.96 Å². The van der Waals surface area contributed by atoms with Crippen molar-refractivity contribution < 1.29 is 18.6 Å². The third-order valence-corrected chi connectivity index (χ3v) is 5.17. The number of nitrogens with zero attached hydrogens (tertiary/aromatic N) is 1. The summed E-state index contributed by atoms with van der Waals surface area (Å²) in [5.41, 5.74) is 0. The van der Waals surface area contributed by atoms with Crippen molar-refractivity contribution in [3.05, 3.63) is 24.2 Å². The van der Waals surface area contributed by atoms with Crippen LogP contribution in [0.2, 0.25) is 0 Å². The summed E-state index contributed by atoms with van der Waals surface area (Å²) >= 11 is 0. The maximum absolute atomic E-state index is 5.84. The predicted molar refractivity (Wildman–Crippen MR) is 124 cm³/mol. The van der Waals surface area contributed by atoms with Crippen LogP contribution < -0.4 is 10.6 Å². The molecule has 2 aliphatic heterocycles. The van der Waals surface area contributed by atoms with Crippen LogP contribution in [0.4, 0.5) is 0 Å². The van der Waals surface area contributed by atoms with Crippen LogP contribution in [0.5, 0.6) is 0 Å². The molecule has 8 heteroatoms. The van der Waals surface area contributed by atoms with E-state index in [0.29, 0.717) is 12.5 Å². The van der Waals surface area contributed by atoms with Crippen molar-refractivity contribution >= 4 is 29.9 Å². The van der Waals surface area contributed by atoms with Crippen molar-refractivity contribution in [3.63, 3.8) is 0 Å². The van der Waals surface area contributed by atoms with Crippen molar-refractivity contribution in [3.8, 4) is 0 Å². The van der Waals surface area contributed by atoms with Crippen LogP contribution in [-0.2, 0) is 20.6 Å². The molecule has 0 bridgehead atoms. The molecule has 166 valence electrons. The third kappa shape index (κ3) is 10.1. The van der Waals surface area contributed by atoms with Gasteiger partial charge in [0.25, 0.3) is 0 Å². The Morgan fingerprint density at radius 1 is 1.14 bits per heavy atom. The Bertz CT molecular complexity index is 544. The molecular formula is C21H36IN3O4. The number of hydrogen-bond donors (Lipinski definition) is 2. The van der Waals surface area contributed by atoms with Gasteiger partial charge in [0.2, 0.25) is 0 Å². The quantitative estimate of drug-likeness (QED) is 0.202. The first-order chi connectivity index (χ1) is 13.9. The second-order valence-electron chi connectivity index (χ2n) is 7.49. The Labute approximate surface area is 191 Å². The molecule has 1 aromatic rings. The fraction of sp³-hybridized carbons (Fsp3) is 0.762. The summed E-state index contributed by atoms with van der Waals surface area (Å²) in [5, 5.41) is 6.81. The van der Waals surface area contributed by atoms with Crippen molar-refractivity contribution in [2.24, 2.45) is 10.9 Å². The van der Waals surface area contributed by atoms with Crippen LogP contribution in [0.1, 0.15) is 37.9 Å². The molecule has 0 saturated carbocycles. The Balaban J connectivity index is 0.00000300. The lowest BCUT2D eigenvalue weighted by atomic mass is 10.0. The van der Waals surface area contributed by atoms with Gasteiger partial charge < -0.3 is 29.3 Å². The summed E-state index contributed by atoms with van der Waals surface area (Å²) in [6, 6.07) is 3.91. The molecular weight excluding hydrogens is 485 g/mol. The van der Waals surface area contributed by atoms with E-state index in [-0.39, 0.29) is 30.1 Å². The number of hydrogen-bond acceptors (Lipinski definition) is 5. The van der Waals surface area contributed by atoms with E-state index in [1.54, 1.807) is 6.26 Å². The van der Waals surface area contributed by atoms with Gasteiger partial charge in [-0.3, -0.25) is 4.99 Å². The highest BCUT2D eigenvalue weighted by molar-refractivity contribution is 14.0. The number of nitrogens with one attached hydrogen (secondary N) is 2. The van der Waals surface area contributed by atoms with E-state index in [2.05, 4.69) is 10.6 Å². The number of guanidine groups is 1. The number of furan rings is 1. The zero-order chi connectivity index (χ0) is 19.3. The molecule has 29 heavy (non-hydrogen) atoms. The first-order valence-corrected chi connectivity index (χ1v) is 10.7. The average Bonchev–Trinajstić information content (AvgIpc) is 3.43. The lowest BCUT2D eigenvalue weighted by Crippen LogP contribution is -2.39. The predicted octanol–water partition coefficient (Wildman–Crippen LogP) is 2.99. The minimum absolute atomic E-state index is 0. The summed E-state index contributed by atoms with van der Waals surface area (Å²) < 4.78 is 22.3. The highest BCUT2D eigenvalue weighted by atomic mass is 127. The standard InChI is InChI=1S/C21H35N3O4.HI/c1-4-19(27-12-1)6-10-23-21(24-16-20-5-2-13-28-20)22-9-3-11-26-17-18-7-14-25-15-8-18;/h1,4,12,18,20H,2-3,5-11,13-17H2,(H2,22,23,24);1H. The van der Waals surface area contributed by atoms with Gasteiger partial charge in [0.05, 0.1) is 18.9 Å². The molecule has 1 unspecified atom stereocenters. The fourth-order valence-electron chi connectivity index (χ4n) is 3.46. The second kappa shape index (κ2) is 15.0. The van der Waals surface area contributed by atoms with Gasteiger partial charge in [-0.25, -0.2) is 0 Å². The minimum Gasteiger partial charge on any atom is -0.469 e. The Hall–Kier alpha value is -0.840. The van der Waals surface area contributed by atoms with Gasteiger partial charge in [0.1, 0.15) is 5.76 Å². The molecule has 0 aromatic carbocycles. The van der Waals surface area contributed by atoms with E-state index in [0.717, 1.165) is 96.4 Å². The van der Waals surface area contributed by atoms with Crippen molar-refractivity contribution in [1.29, 1.82) is 0 Å². The van der Waals surface area contributed by atoms with E-state index in [1.807, 2.05) is 12.1 Å². The van der Waals surface area contributed by atoms with E-state index in [4.69, 9.17) is 23.6 Å². The largest absolute Gasteiger partial charge is 0.469 e. The number of ether oxygens (including phenoxy) is 3. The van der Waals surface area contributed by atoms with Crippen molar-refractivity contribution in [1.82, 2.24) is 10.6 Å². The Kier molecular flexibility index (Phi) is 12.7. The van der Waals surface area contributed by atoms with Crippen molar-refractivity contribution in [2.45, 2.75) is 44.6 Å². The van der Waals surface area contributed by atoms with E-state index in [9.17, 15) is 0 Å². The van der Waals surface area contributed by atoms with Gasteiger partial charge >= 0.3 is 0 Å². The van der Waals surface area contributed by atoms with Gasteiger partial charge in [0, 0.05) is 52.5 Å². The molecule has 2 saturated heterocycles. The van der Waals surface area contributed by atoms with E-state index < -0.39 is 0 Å². The molecule has 0 aliphatic carbocycles. The molecule has 7 nitrogen and oxygen atoms in total. The molecule has 2 fully saturated rings. The highest BCUT2D eigenvalue weighted by Gasteiger charge is 2.15. The zero-order valence-corrected chi connectivity index (χ0v) is 19.6. The summed E-state index contributed by atoms with van der Waals surface area (Å²) in [6.45, 7) is 6.57. The fourth-order valence-corrected chi connectivity index (χ4v) is 3.46. The van der Waals surface area contributed by atoms with Crippen LogP contribution in [0, 0.1) is 5.92 Å². The smallest absolute Gasteiger partial charge is 0.191 e. The van der Waals surface area contributed by atoms with Crippen LogP contribution in [0.15, 0.2) is 27.8 Å². The zero-order valence-electron chi connectivity index (χ0n) is 17.3. The van der Waals surface area contributed by atoms with Gasteiger partial charge in [-0.05, 0) is 50.2 Å². The van der Waals surface area contributed by atoms with Gasteiger partial charge in [-0.1, -0.05) is 0 Å². The molecule has 3 heterocycles. The maximum atomic E-state index is 5.84. The van der Waals surface area contributed by atoms with Crippen LogP contribution >= 0.6 is 24.0 Å². The molecule has 2 aliphatic rings. The first kappa shape index (κ1) is 24.4. The van der Waals surface area contributed by atoms with Crippen molar-refractivity contribution in [2.75, 3.05) is 52.7 Å². The van der Waals surface area contributed by atoms with Gasteiger partial charge in [-0.2, -0.15) is 0 Å². The lowest BCUT2D eigenvalue weighted by Gasteiger charge is -2.21. The third-order valence-electron chi connectivity index (χ3n) is 5.17. The topological polar surface area (TPSA) is 77.3 Å². The summed E-state index contributed by atoms with van der Waals surface area (Å²) in [4.78, 5) is 4.70. The monoisotopic (exact) mass is 521 g/mol. The molecule has 1 aromatic heterocycles. The molecule has 0 spiro atoms. The molecule has 2 N–H and O–H groups in total. The number of aliphatic imine (C=N–C) groups is 1. The first-order valence-electron chi connectivity index (χ1n) is 10.7.